The molecule has 0 N–H and O–H groups in total. The second-order valence-electron chi connectivity index (χ2n) is 4.58. The first-order chi connectivity index (χ1) is 10.5. The zero-order chi connectivity index (χ0) is 15.9. The van der Waals surface area contributed by atoms with Gasteiger partial charge in [0, 0.05) is 4.88 Å². The van der Waals surface area contributed by atoms with Crippen molar-refractivity contribution in [2.24, 2.45) is 0 Å². The molecule has 7 nitrogen and oxygen atoms in total. The molecule has 0 bridgehead atoms. The lowest BCUT2D eigenvalue weighted by molar-refractivity contribution is -0.143. The molecule has 3 rings (SSSR count). The van der Waals surface area contributed by atoms with E-state index in [2.05, 4.69) is 10.1 Å². The number of carbonyl (C=O) groups is 1. The Balaban J connectivity index is 2.25. The third-order valence-electron chi connectivity index (χ3n) is 3.07. The molecule has 0 fully saturated rings. The lowest BCUT2D eigenvalue weighted by Crippen LogP contribution is -2.18. The molecule has 0 aliphatic rings. The zero-order valence-corrected chi connectivity index (χ0v) is 14.0. The summed E-state index contributed by atoms with van der Waals surface area (Å²) in [6, 6.07) is 1.83. The van der Waals surface area contributed by atoms with Crippen molar-refractivity contribution in [2.75, 3.05) is 12.9 Å². The number of ether oxygens (including phenoxy) is 1. The van der Waals surface area contributed by atoms with Gasteiger partial charge in [-0.2, -0.15) is 0 Å². The molecule has 3 aromatic rings. The van der Waals surface area contributed by atoms with Gasteiger partial charge in [0.2, 0.25) is 5.78 Å². The van der Waals surface area contributed by atoms with E-state index in [1.54, 1.807) is 6.92 Å². The normalized spacial score (nSPS) is 11.4. The van der Waals surface area contributed by atoms with Crippen LogP contribution in [0.4, 0.5) is 0 Å². The third kappa shape index (κ3) is 2.40. The predicted octanol–water partition coefficient (Wildman–Crippen LogP) is 1.70. The summed E-state index contributed by atoms with van der Waals surface area (Å²) in [5.41, 5.74) is -0.163. The van der Waals surface area contributed by atoms with Gasteiger partial charge in [-0.3, -0.25) is 9.59 Å². The van der Waals surface area contributed by atoms with Crippen LogP contribution in [0, 0.1) is 6.92 Å². The first kappa shape index (κ1) is 15.0. The van der Waals surface area contributed by atoms with Crippen molar-refractivity contribution >= 4 is 45.1 Å². The number of aryl methyl sites for hydroxylation is 1. The maximum atomic E-state index is 12.7. The summed E-state index contributed by atoms with van der Waals surface area (Å²) in [4.78, 5) is 30.5. The summed E-state index contributed by atoms with van der Waals surface area (Å²) >= 11 is 2.78. The molecule has 0 atom stereocenters. The topological polar surface area (TPSA) is 78.5 Å². The van der Waals surface area contributed by atoms with E-state index in [4.69, 9.17) is 4.74 Å². The Morgan fingerprint density at radius 1 is 1.50 bits per heavy atom. The fraction of sp³-hybridized carbons (Fsp3) is 0.385. The third-order valence-corrected chi connectivity index (χ3v) is 4.64. The minimum absolute atomic E-state index is 0.0692. The maximum Gasteiger partial charge on any atom is 0.327 e. The number of rotatable bonds is 4. The molecular weight excluding hydrogens is 324 g/mol. The van der Waals surface area contributed by atoms with E-state index in [0.717, 1.165) is 4.88 Å². The van der Waals surface area contributed by atoms with Crippen LogP contribution in [-0.2, 0) is 16.1 Å². The molecule has 0 amide bonds. The Morgan fingerprint density at radius 3 is 2.95 bits per heavy atom. The van der Waals surface area contributed by atoms with Crippen molar-refractivity contribution in [1.82, 2.24) is 19.2 Å². The fourth-order valence-electron chi connectivity index (χ4n) is 2.20. The number of esters is 1. The number of aromatic nitrogens is 4. The summed E-state index contributed by atoms with van der Waals surface area (Å²) in [7, 11) is 0. The first-order valence-electron chi connectivity index (χ1n) is 6.64. The van der Waals surface area contributed by atoms with Crippen molar-refractivity contribution in [3.63, 3.8) is 0 Å². The second-order valence-corrected chi connectivity index (χ2v) is 6.59. The van der Waals surface area contributed by atoms with Crippen molar-refractivity contribution < 1.29 is 9.53 Å². The Bertz CT molecular complexity index is 925. The smallest absolute Gasteiger partial charge is 0.327 e. The number of thiophene rings is 1. The molecule has 0 unspecified atom stereocenters. The minimum atomic E-state index is -0.406. The van der Waals surface area contributed by atoms with E-state index >= 15 is 0 Å². The van der Waals surface area contributed by atoms with Gasteiger partial charge in [-0.1, -0.05) is 11.8 Å². The molecule has 0 saturated carbocycles. The standard InChI is InChI=1S/C13H14N4O3S2/c1-4-20-9(18)6-16-12-14-10-8(5-7(2)22-10)11(19)17(12)13(15-16)21-3/h5H,4,6H2,1-3H3. The van der Waals surface area contributed by atoms with Gasteiger partial charge in [0.25, 0.3) is 5.56 Å². The van der Waals surface area contributed by atoms with E-state index in [-0.39, 0.29) is 12.1 Å². The van der Waals surface area contributed by atoms with Gasteiger partial charge in [-0.05, 0) is 26.2 Å². The Kier molecular flexibility index (Phi) is 3.92. The van der Waals surface area contributed by atoms with E-state index in [9.17, 15) is 9.59 Å². The first-order valence-corrected chi connectivity index (χ1v) is 8.68. The average molecular weight is 338 g/mol. The summed E-state index contributed by atoms with van der Waals surface area (Å²) in [6.07, 6.45) is 1.83. The molecule has 0 aliphatic carbocycles. The second kappa shape index (κ2) is 5.73. The largest absolute Gasteiger partial charge is 0.465 e. The highest BCUT2D eigenvalue weighted by atomic mass is 32.2. The molecule has 116 valence electrons. The van der Waals surface area contributed by atoms with E-state index < -0.39 is 5.97 Å². The molecule has 0 aliphatic heterocycles. The van der Waals surface area contributed by atoms with E-state index in [0.29, 0.717) is 27.8 Å². The lowest BCUT2D eigenvalue weighted by atomic mass is 10.4. The van der Waals surface area contributed by atoms with Crippen LogP contribution in [0.5, 0.6) is 0 Å². The maximum absolute atomic E-state index is 12.7. The number of hydrogen-bond donors (Lipinski definition) is 0. The Morgan fingerprint density at radius 2 is 2.27 bits per heavy atom. The van der Waals surface area contributed by atoms with Crippen LogP contribution in [0.25, 0.3) is 16.0 Å². The molecule has 0 radical (unpaired) electrons. The van der Waals surface area contributed by atoms with Crippen LogP contribution in [-0.4, -0.2) is 38.0 Å². The van der Waals surface area contributed by atoms with Gasteiger partial charge >= 0.3 is 5.97 Å². The van der Waals surface area contributed by atoms with Gasteiger partial charge in [-0.25, -0.2) is 14.1 Å². The molecule has 3 aromatic heterocycles. The molecule has 22 heavy (non-hydrogen) atoms. The van der Waals surface area contributed by atoms with Crippen LogP contribution < -0.4 is 5.56 Å². The Hall–Kier alpha value is -1.87. The van der Waals surface area contributed by atoms with Gasteiger partial charge in [-0.15, -0.1) is 16.4 Å². The lowest BCUT2D eigenvalue weighted by Gasteiger charge is -2.02. The van der Waals surface area contributed by atoms with Crippen LogP contribution in [0.2, 0.25) is 0 Å². The minimum Gasteiger partial charge on any atom is -0.465 e. The monoisotopic (exact) mass is 338 g/mol. The highest BCUT2D eigenvalue weighted by molar-refractivity contribution is 7.98. The van der Waals surface area contributed by atoms with Crippen LogP contribution in [0.15, 0.2) is 16.0 Å². The fourth-order valence-corrected chi connectivity index (χ4v) is 3.59. The average Bonchev–Trinajstić information content (AvgIpc) is 3.00. The van der Waals surface area contributed by atoms with Crippen molar-refractivity contribution in [3.05, 3.63) is 21.3 Å². The number of thioether (sulfide) groups is 1. The molecule has 0 saturated heterocycles. The number of fused-ring (bicyclic) bond motifs is 2. The molecular formula is C13H14N4O3S2. The van der Waals surface area contributed by atoms with Crippen LogP contribution in [0.1, 0.15) is 11.8 Å². The van der Waals surface area contributed by atoms with Gasteiger partial charge in [0.15, 0.2) is 5.16 Å². The van der Waals surface area contributed by atoms with E-state index in [1.807, 2.05) is 19.2 Å². The predicted molar refractivity (Wildman–Crippen MR) is 85.8 cm³/mol. The number of carbonyl (C=O) groups excluding carboxylic acids is 1. The van der Waals surface area contributed by atoms with Crippen molar-refractivity contribution in [2.45, 2.75) is 25.5 Å². The summed E-state index contributed by atoms with van der Waals surface area (Å²) < 4.78 is 7.80. The number of hydrogen-bond acceptors (Lipinski definition) is 7. The SMILES string of the molecule is CCOC(=O)Cn1nc(SC)n2c(=O)c3cc(C)sc3nc12. The quantitative estimate of drug-likeness (QED) is 0.532. The Labute approximate surface area is 133 Å². The van der Waals surface area contributed by atoms with Crippen molar-refractivity contribution in [1.29, 1.82) is 0 Å². The van der Waals surface area contributed by atoms with E-state index in [1.165, 1.54) is 32.2 Å². The molecule has 3 heterocycles. The highest BCUT2D eigenvalue weighted by Crippen LogP contribution is 2.22. The van der Waals surface area contributed by atoms with Crippen molar-refractivity contribution in [3.8, 4) is 0 Å². The summed E-state index contributed by atoms with van der Waals surface area (Å²) in [6.45, 7) is 3.91. The summed E-state index contributed by atoms with van der Waals surface area (Å²) in [5.74, 6) is -0.0476. The van der Waals surface area contributed by atoms with Crippen LogP contribution >= 0.6 is 23.1 Å². The van der Waals surface area contributed by atoms with Crippen LogP contribution in [0.3, 0.4) is 0 Å². The van der Waals surface area contributed by atoms with Gasteiger partial charge in [0.1, 0.15) is 11.4 Å². The zero-order valence-electron chi connectivity index (χ0n) is 12.3. The summed E-state index contributed by atoms with van der Waals surface area (Å²) in [5, 5.41) is 5.38. The molecule has 9 heteroatoms. The molecule has 0 aromatic carbocycles. The van der Waals surface area contributed by atoms with Gasteiger partial charge in [0.05, 0.1) is 12.0 Å². The molecule has 0 spiro atoms. The number of nitrogens with zero attached hydrogens (tertiary/aromatic N) is 4. The highest BCUT2D eigenvalue weighted by Gasteiger charge is 2.18. The van der Waals surface area contributed by atoms with Gasteiger partial charge < -0.3 is 4.74 Å².